The fraction of sp³-hybridized carbons (Fsp3) is 0.200. The Morgan fingerprint density at radius 1 is 1.03 bits per heavy atom. The van der Waals surface area contributed by atoms with Crippen molar-refractivity contribution in [2.45, 2.75) is 17.4 Å². The number of hydroxylamine groups is 2. The fourth-order valence-electron chi connectivity index (χ4n) is 6.05. The van der Waals surface area contributed by atoms with Crippen molar-refractivity contribution in [2.75, 3.05) is 0 Å². The molecule has 0 aromatic heterocycles. The van der Waals surface area contributed by atoms with Crippen molar-refractivity contribution < 1.29 is 19.7 Å². The molecule has 11 heteroatoms. The van der Waals surface area contributed by atoms with Crippen LogP contribution >= 0.6 is 0 Å². The molecule has 152 valence electrons. The van der Waals surface area contributed by atoms with E-state index in [0.29, 0.717) is 0 Å². The maximum atomic E-state index is 13.0. The van der Waals surface area contributed by atoms with Gasteiger partial charge in [-0.05, 0) is 32.1 Å². The maximum absolute atomic E-state index is 13.0. The highest BCUT2D eigenvalue weighted by Gasteiger charge is 2.80. The molecule has 0 N–H and O–H groups in total. The van der Waals surface area contributed by atoms with Crippen molar-refractivity contribution in [1.29, 1.82) is 0 Å². The topological polar surface area (TPSA) is 133 Å². The summed E-state index contributed by atoms with van der Waals surface area (Å²) in [6.07, 6.45) is 0. The molecule has 6 aliphatic rings. The molecule has 31 heavy (non-hydrogen) atoms. The average Bonchev–Trinajstić information content (AvgIpc) is 3.36. The normalized spacial score (nSPS) is 30.9. The van der Waals surface area contributed by atoms with Gasteiger partial charge in [-0.25, -0.2) is 5.23 Å². The van der Waals surface area contributed by atoms with Gasteiger partial charge in [0.15, 0.2) is 15.8 Å². The molecule has 2 bridgehead atoms. The van der Waals surface area contributed by atoms with Crippen LogP contribution in [-0.4, -0.2) is 32.0 Å². The van der Waals surface area contributed by atoms with Gasteiger partial charge in [-0.2, -0.15) is 0 Å². The number of nitrogens with zero attached hydrogens (tertiary/aromatic N) is 5. The Hall–Kier alpha value is -4.12. The first kappa shape index (κ1) is 16.7. The summed E-state index contributed by atoms with van der Waals surface area (Å²) in [5, 5.41) is 33.2. The van der Waals surface area contributed by atoms with Crippen molar-refractivity contribution >= 4 is 11.4 Å². The van der Waals surface area contributed by atoms with Gasteiger partial charge in [-0.15, -0.1) is 0 Å². The van der Waals surface area contributed by atoms with Crippen LogP contribution in [0.2, 0.25) is 0 Å². The molecule has 0 amide bonds. The van der Waals surface area contributed by atoms with Crippen LogP contribution < -0.4 is 0 Å². The van der Waals surface area contributed by atoms with Crippen molar-refractivity contribution in [3.05, 3.63) is 102 Å². The molecule has 2 atom stereocenters. The van der Waals surface area contributed by atoms with E-state index in [9.17, 15) is 20.2 Å². The van der Waals surface area contributed by atoms with Crippen LogP contribution in [0.15, 0.2) is 70.2 Å². The monoisotopic (exact) mass is 417 g/mol. The van der Waals surface area contributed by atoms with Gasteiger partial charge in [0.1, 0.15) is 5.71 Å². The predicted molar refractivity (Wildman–Crippen MR) is 103 cm³/mol. The van der Waals surface area contributed by atoms with Crippen LogP contribution in [0.25, 0.3) is 0 Å². The average molecular weight is 417 g/mol. The van der Waals surface area contributed by atoms with Gasteiger partial charge in [0.2, 0.25) is 0 Å². The third-order valence-corrected chi connectivity index (χ3v) is 6.98. The van der Waals surface area contributed by atoms with Crippen molar-refractivity contribution in [3.8, 4) is 0 Å². The number of hydrogen-bond acceptors (Lipinski definition) is 9. The number of benzene rings is 2. The maximum Gasteiger partial charge on any atom is 0.335 e. The lowest BCUT2D eigenvalue weighted by Gasteiger charge is -2.51. The third-order valence-electron chi connectivity index (χ3n) is 6.98. The lowest BCUT2D eigenvalue weighted by Crippen LogP contribution is -2.67. The van der Waals surface area contributed by atoms with Gasteiger partial charge in [0.05, 0.1) is 11.8 Å². The Bertz CT molecular complexity index is 1300. The number of nitro groups is 1. The third kappa shape index (κ3) is 1.61. The van der Waals surface area contributed by atoms with E-state index in [-0.39, 0.29) is 33.0 Å². The quantitative estimate of drug-likeness (QED) is 0.514. The number of fused-ring (bicyclic) bond motifs is 2. The summed E-state index contributed by atoms with van der Waals surface area (Å²) in [7, 11) is 0. The first-order valence-corrected chi connectivity index (χ1v) is 9.59. The summed E-state index contributed by atoms with van der Waals surface area (Å²) in [4.78, 5) is 34.7. The van der Waals surface area contributed by atoms with E-state index in [4.69, 9.17) is 9.88 Å². The Labute approximate surface area is 173 Å². The van der Waals surface area contributed by atoms with Crippen LogP contribution in [0.5, 0.6) is 0 Å². The largest absolute Gasteiger partial charge is 0.722 e. The zero-order chi connectivity index (χ0) is 21.1. The molecule has 0 unspecified atom stereocenters. The minimum absolute atomic E-state index is 0.0152. The summed E-state index contributed by atoms with van der Waals surface area (Å²) in [6.45, 7) is 0. The molecule has 0 fully saturated rings. The molecular weight excluding hydrogens is 406 g/mol. The first-order chi connectivity index (χ1) is 15.1. The second kappa shape index (κ2) is 5.13. The van der Waals surface area contributed by atoms with E-state index < -0.39 is 28.2 Å². The smallest absolute Gasteiger partial charge is 0.335 e. The standard InChI is InChI=1S/C20H11N5O6/c26-23-17-16(21-30-23)15-13-9-5-1-3-7-11(9)14(12-8-4-2-6-10(12)13)20(15,25(28)29)19-18(17)24(27)31-22-19/h1-8,13-15H/t13?,14?,15-,20+/m1/s1. The van der Waals surface area contributed by atoms with Gasteiger partial charge < -0.3 is 5.21 Å². The molecule has 0 spiro atoms. The molecule has 4 aliphatic carbocycles. The van der Waals surface area contributed by atoms with E-state index in [2.05, 4.69) is 10.3 Å². The molecule has 2 aliphatic heterocycles. The van der Waals surface area contributed by atoms with Crippen LogP contribution in [0, 0.1) is 26.1 Å². The Balaban J connectivity index is 1.67. The molecule has 0 radical (unpaired) electrons. The Morgan fingerprint density at radius 2 is 1.65 bits per heavy atom. The highest BCUT2D eigenvalue weighted by Crippen LogP contribution is 2.65. The van der Waals surface area contributed by atoms with E-state index in [0.717, 1.165) is 22.3 Å². The van der Waals surface area contributed by atoms with Crippen LogP contribution in [0.1, 0.15) is 34.1 Å². The van der Waals surface area contributed by atoms with Crippen molar-refractivity contribution in [3.63, 3.8) is 0 Å². The Morgan fingerprint density at radius 3 is 2.26 bits per heavy atom. The summed E-state index contributed by atoms with van der Waals surface area (Å²) < 4.78 is 0. The summed E-state index contributed by atoms with van der Waals surface area (Å²) >= 11 is 0. The number of hydrogen-bond donors (Lipinski definition) is 0. The van der Waals surface area contributed by atoms with Gasteiger partial charge in [0.25, 0.3) is 0 Å². The SMILES string of the molecule is O=[N+]1ON=C2C1=C1C(=NON1[O-])[C@H]1C3c4ccccc4C(c4ccccc43)[C@@]21[N+](=O)[O-]. The molecule has 0 saturated heterocycles. The Kier molecular flexibility index (Phi) is 2.76. The van der Waals surface area contributed by atoms with Gasteiger partial charge in [0, 0.05) is 10.8 Å². The molecule has 8 rings (SSSR count). The van der Waals surface area contributed by atoms with Crippen molar-refractivity contribution in [2.24, 2.45) is 16.2 Å². The zero-order valence-electron chi connectivity index (χ0n) is 15.5. The second-order valence-electron chi connectivity index (χ2n) is 8.02. The lowest BCUT2D eigenvalue weighted by molar-refractivity contribution is -0.758. The van der Waals surface area contributed by atoms with E-state index >= 15 is 0 Å². The highest BCUT2D eigenvalue weighted by molar-refractivity contribution is 6.21. The second-order valence-corrected chi connectivity index (χ2v) is 8.02. The van der Waals surface area contributed by atoms with Gasteiger partial charge in [-0.3, -0.25) is 15.1 Å². The van der Waals surface area contributed by atoms with Crippen molar-refractivity contribution in [1.82, 2.24) is 5.23 Å². The zero-order valence-corrected chi connectivity index (χ0v) is 15.5. The molecule has 2 aromatic rings. The molecule has 2 heterocycles. The summed E-state index contributed by atoms with van der Waals surface area (Å²) in [5.41, 5.74) is 0.864. The van der Waals surface area contributed by atoms with Crippen LogP contribution in [0.4, 0.5) is 0 Å². The number of allylic oxidation sites excluding steroid dienone is 1. The van der Waals surface area contributed by atoms with Crippen LogP contribution in [0.3, 0.4) is 0 Å². The van der Waals surface area contributed by atoms with Gasteiger partial charge in [-0.1, -0.05) is 53.7 Å². The minimum Gasteiger partial charge on any atom is -0.722 e. The van der Waals surface area contributed by atoms with E-state index in [1.165, 1.54) is 0 Å². The number of rotatable bonds is 1. The molecule has 11 nitrogen and oxygen atoms in total. The van der Waals surface area contributed by atoms with E-state index in [1.807, 2.05) is 48.5 Å². The minimum atomic E-state index is -1.89. The first-order valence-electron chi connectivity index (χ1n) is 9.59. The molecule has 0 saturated carbocycles. The molecule has 2 aromatic carbocycles. The molecular formula is C20H11N5O6. The number of oxime groups is 2. The fourth-order valence-corrected chi connectivity index (χ4v) is 6.05. The van der Waals surface area contributed by atoms with Gasteiger partial charge >= 0.3 is 16.9 Å². The van der Waals surface area contributed by atoms with E-state index in [1.54, 1.807) is 0 Å². The summed E-state index contributed by atoms with van der Waals surface area (Å²) in [5.74, 6) is -2.17. The summed E-state index contributed by atoms with van der Waals surface area (Å²) in [6, 6.07) is 15.0. The highest BCUT2D eigenvalue weighted by atomic mass is 17.0. The van der Waals surface area contributed by atoms with Crippen LogP contribution in [-0.2, 0) is 9.88 Å². The predicted octanol–water partition coefficient (Wildman–Crippen LogP) is 2.32. The lowest BCUT2D eigenvalue weighted by atomic mass is 9.47.